The summed E-state index contributed by atoms with van der Waals surface area (Å²) in [6.45, 7) is 6.61. The average Bonchev–Trinajstić information content (AvgIpc) is 2.75. The molecule has 1 N–H and O–H groups in total. The second kappa shape index (κ2) is 12.1. The van der Waals surface area contributed by atoms with Crippen LogP contribution in [0.3, 0.4) is 0 Å². The van der Waals surface area contributed by atoms with Crippen LogP contribution in [0.15, 0.2) is 35.3 Å². The predicted octanol–water partition coefficient (Wildman–Crippen LogP) is 3.35. The first kappa shape index (κ1) is 21.1. The van der Waals surface area contributed by atoms with E-state index in [2.05, 4.69) is 45.5 Å². The van der Waals surface area contributed by atoms with Crippen LogP contribution < -0.4 is 5.32 Å². The van der Waals surface area contributed by atoms with Crippen LogP contribution in [0, 0.1) is 11.8 Å². The van der Waals surface area contributed by atoms with Crippen molar-refractivity contribution in [3.63, 3.8) is 0 Å². The van der Waals surface area contributed by atoms with Crippen molar-refractivity contribution in [3.05, 3.63) is 35.9 Å². The molecule has 3 rings (SSSR count). The van der Waals surface area contributed by atoms with Crippen LogP contribution in [0.5, 0.6) is 0 Å². The third kappa shape index (κ3) is 7.10. The fraction of sp³-hybridized carbons (Fsp3) is 0.696. The lowest BCUT2D eigenvalue weighted by atomic mass is 9.90. The Labute approximate surface area is 170 Å². The number of benzene rings is 1. The summed E-state index contributed by atoms with van der Waals surface area (Å²) in [6, 6.07) is 10.9. The number of ether oxygens (including phenoxy) is 2. The fourth-order valence-corrected chi connectivity index (χ4v) is 4.17. The van der Waals surface area contributed by atoms with Crippen LogP contribution >= 0.6 is 0 Å². The van der Waals surface area contributed by atoms with Crippen LogP contribution in [0.2, 0.25) is 0 Å². The number of likely N-dealkylation sites (tertiary alicyclic amines) is 1. The predicted molar refractivity (Wildman–Crippen MR) is 115 cm³/mol. The third-order valence-electron chi connectivity index (χ3n) is 5.94. The molecule has 0 unspecified atom stereocenters. The normalized spacial score (nSPS) is 19.8. The van der Waals surface area contributed by atoms with Gasteiger partial charge in [-0.25, -0.2) is 0 Å². The monoisotopic (exact) mass is 387 g/mol. The first-order valence-electron chi connectivity index (χ1n) is 11.0. The summed E-state index contributed by atoms with van der Waals surface area (Å²) in [7, 11) is 1.89. The Balaban J connectivity index is 1.27. The SMILES string of the molecule is CN=C(NCCCOCC1CCOCC1)N1CCC(Cc2ccccc2)CC1. The van der Waals surface area contributed by atoms with E-state index in [-0.39, 0.29) is 0 Å². The standard InChI is InChI=1S/C23H37N3O2/c1-24-23(25-12-5-15-28-19-22-10-16-27-17-11-22)26-13-8-21(9-14-26)18-20-6-3-2-4-7-20/h2-4,6-7,21-22H,5,8-19H2,1H3,(H,24,25). The van der Waals surface area contributed by atoms with Gasteiger partial charge in [-0.15, -0.1) is 0 Å². The number of aliphatic imine (C=N–C) groups is 1. The number of nitrogens with zero attached hydrogens (tertiary/aromatic N) is 2. The molecule has 156 valence electrons. The number of piperidine rings is 1. The van der Waals surface area contributed by atoms with E-state index in [0.29, 0.717) is 5.92 Å². The largest absolute Gasteiger partial charge is 0.381 e. The maximum atomic E-state index is 5.86. The third-order valence-corrected chi connectivity index (χ3v) is 5.94. The number of rotatable bonds is 8. The van der Waals surface area contributed by atoms with Gasteiger partial charge in [-0.1, -0.05) is 30.3 Å². The molecule has 0 bridgehead atoms. The summed E-state index contributed by atoms with van der Waals surface area (Å²) in [5, 5.41) is 3.52. The lowest BCUT2D eigenvalue weighted by molar-refractivity contribution is 0.0203. The molecule has 28 heavy (non-hydrogen) atoms. The first-order valence-corrected chi connectivity index (χ1v) is 11.0. The molecule has 1 aromatic carbocycles. The van der Waals surface area contributed by atoms with Gasteiger partial charge >= 0.3 is 0 Å². The molecule has 2 aliphatic rings. The van der Waals surface area contributed by atoms with Gasteiger partial charge in [0.15, 0.2) is 5.96 Å². The van der Waals surface area contributed by atoms with E-state index in [9.17, 15) is 0 Å². The zero-order chi connectivity index (χ0) is 19.4. The lowest BCUT2D eigenvalue weighted by Crippen LogP contribution is -2.46. The summed E-state index contributed by atoms with van der Waals surface area (Å²) in [5.74, 6) is 2.52. The molecule has 0 atom stereocenters. The summed E-state index contributed by atoms with van der Waals surface area (Å²) in [5.41, 5.74) is 1.46. The molecule has 1 aromatic rings. The van der Waals surface area contributed by atoms with Crippen LogP contribution in [0.1, 0.15) is 37.7 Å². The number of hydrogen-bond donors (Lipinski definition) is 1. The molecule has 0 radical (unpaired) electrons. The Hall–Kier alpha value is -1.59. The molecule has 5 nitrogen and oxygen atoms in total. The number of guanidine groups is 1. The highest BCUT2D eigenvalue weighted by Crippen LogP contribution is 2.21. The molecule has 2 saturated heterocycles. The molecule has 0 aromatic heterocycles. The molecule has 0 amide bonds. The van der Waals surface area contributed by atoms with Crippen molar-refractivity contribution in [2.75, 3.05) is 53.1 Å². The van der Waals surface area contributed by atoms with E-state index in [4.69, 9.17) is 9.47 Å². The smallest absolute Gasteiger partial charge is 0.193 e. The van der Waals surface area contributed by atoms with Gasteiger partial charge in [0.05, 0.1) is 0 Å². The molecule has 0 spiro atoms. The Morgan fingerprint density at radius 2 is 1.86 bits per heavy atom. The van der Waals surface area contributed by atoms with Gasteiger partial charge in [-0.2, -0.15) is 0 Å². The van der Waals surface area contributed by atoms with Gasteiger partial charge in [-0.3, -0.25) is 4.99 Å². The molecule has 5 heteroatoms. The summed E-state index contributed by atoms with van der Waals surface area (Å²) in [4.78, 5) is 6.90. The molecule has 2 aliphatic heterocycles. The van der Waals surface area contributed by atoms with E-state index >= 15 is 0 Å². The van der Waals surface area contributed by atoms with Crippen LogP contribution in [-0.4, -0.2) is 64.0 Å². The van der Waals surface area contributed by atoms with Crippen LogP contribution in [0.25, 0.3) is 0 Å². The summed E-state index contributed by atoms with van der Waals surface area (Å²) < 4.78 is 11.2. The Morgan fingerprint density at radius 1 is 1.11 bits per heavy atom. The quantitative estimate of drug-likeness (QED) is 0.422. The fourth-order valence-electron chi connectivity index (χ4n) is 4.17. The Bertz CT molecular complexity index is 564. The molecular formula is C23H37N3O2. The van der Waals surface area contributed by atoms with Gasteiger partial charge in [0.1, 0.15) is 0 Å². The Morgan fingerprint density at radius 3 is 2.57 bits per heavy atom. The van der Waals surface area contributed by atoms with E-state index < -0.39 is 0 Å². The van der Waals surface area contributed by atoms with Gasteiger partial charge in [0.25, 0.3) is 0 Å². The topological polar surface area (TPSA) is 46.1 Å². The minimum atomic E-state index is 0.687. The number of nitrogens with one attached hydrogen (secondary N) is 1. The van der Waals surface area contributed by atoms with Crippen LogP contribution in [-0.2, 0) is 15.9 Å². The van der Waals surface area contributed by atoms with Crippen molar-refractivity contribution in [3.8, 4) is 0 Å². The molecular weight excluding hydrogens is 350 g/mol. The average molecular weight is 388 g/mol. The van der Waals surface area contributed by atoms with Crippen molar-refractivity contribution in [1.29, 1.82) is 0 Å². The van der Waals surface area contributed by atoms with Crippen molar-refractivity contribution in [1.82, 2.24) is 10.2 Å². The molecule has 2 heterocycles. The van der Waals surface area contributed by atoms with E-state index in [1.807, 2.05) is 7.05 Å². The highest BCUT2D eigenvalue weighted by Gasteiger charge is 2.21. The zero-order valence-electron chi connectivity index (χ0n) is 17.4. The molecule has 2 fully saturated rings. The minimum Gasteiger partial charge on any atom is -0.381 e. The Kier molecular flexibility index (Phi) is 9.11. The van der Waals surface area contributed by atoms with E-state index in [1.54, 1.807) is 0 Å². The molecule has 0 aliphatic carbocycles. The minimum absolute atomic E-state index is 0.687. The van der Waals surface area contributed by atoms with Crippen molar-refractivity contribution >= 4 is 5.96 Å². The number of hydrogen-bond acceptors (Lipinski definition) is 3. The van der Waals surface area contributed by atoms with Crippen molar-refractivity contribution < 1.29 is 9.47 Å². The van der Waals surface area contributed by atoms with Gasteiger partial charge in [0.2, 0.25) is 0 Å². The second-order valence-corrected chi connectivity index (χ2v) is 8.08. The maximum Gasteiger partial charge on any atom is 0.193 e. The summed E-state index contributed by atoms with van der Waals surface area (Å²) >= 11 is 0. The highest BCUT2D eigenvalue weighted by atomic mass is 16.5. The van der Waals surface area contributed by atoms with Gasteiger partial charge in [-0.05, 0) is 55.9 Å². The molecule has 0 saturated carbocycles. The van der Waals surface area contributed by atoms with E-state index in [0.717, 1.165) is 77.2 Å². The highest BCUT2D eigenvalue weighted by molar-refractivity contribution is 5.79. The second-order valence-electron chi connectivity index (χ2n) is 8.08. The van der Waals surface area contributed by atoms with Crippen molar-refractivity contribution in [2.45, 2.75) is 38.5 Å². The van der Waals surface area contributed by atoms with Gasteiger partial charge < -0.3 is 19.7 Å². The zero-order valence-corrected chi connectivity index (χ0v) is 17.4. The van der Waals surface area contributed by atoms with E-state index in [1.165, 1.54) is 24.8 Å². The lowest BCUT2D eigenvalue weighted by Gasteiger charge is -2.34. The van der Waals surface area contributed by atoms with Crippen LogP contribution in [0.4, 0.5) is 0 Å². The maximum absolute atomic E-state index is 5.86. The van der Waals surface area contributed by atoms with Crippen molar-refractivity contribution in [2.24, 2.45) is 16.8 Å². The van der Waals surface area contributed by atoms with Gasteiger partial charge in [0, 0.05) is 53.1 Å². The summed E-state index contributed by atoms with van der Waals surface area (Å²) in [6.07, 6.45) is 6.99. The first-order chi connectivity index (χ1) is 13.8.